The summed E-state index contributed by atoms with van der Waals surface area (Å²) in [6.45, 7) is -0.270. The second kappa shape index (κ2) is 13.3. The number of benzene rings is 3. The Morgan fingerprint density at radius 2 is 1.74 bits per heavy atom. The average molecular weight is 715 g/mol. The van der Waals surface area contributed by atoms with E-state index in [4.69, 9.17) is 10.6 Å². The van der Waals surface area contributed by atoms with Crippen LogP contribution in [0.3, 0.4) is 0 Å². The molecule has 2 fully saturated rings. The van der Waals surface area contributed by atoms with Crippen LogP contribution in [0.1, 0.15) is 42.5 Å². The molecule has 50 heavy (non-hydrogen) atoms. The number of alkyl halides is 3. The highest BCUT2D eigenvalue weighted by atomic mass is 32.2. The fourth-order valence-electron chi connectivity index (χ4n) is 6.24. The molecule has 1 aromatic heterocycles. The summed E-state index contributed by atoms with van der Waals surface area (Å²) in [5, 5.41) is 1.87. The summed E-state index contributed by atoms with van der Waals surface area (Å²) in [5.74, 6) is -0.998. The lowest BCUT2D eigenvalue weighted by atomic mass is 9.93. The quantitative estimate of drug-likeness (QED) is 0.0829. The van der Waals surface area contributed by atoms with Crippen LogP contribution in [0.5, 0.6) is 5.75 Å². The van der Waals surface area contributed by atoms with Crippen molar-refractivity contribution in [3.8, 4) is 5.75 Å². The van der Waals surface area contributed by atoms with Crippen LogP contribution in [0, 0.1) is 11.7 Å². The molecule has 1 aliphatic carbocycles. The van der Waals surface area contributed by atoms with Crippen molar-refractivity contribution in [3.05, 3.63) is 96.1 Å². The van der Waals surface area contributed by atoms with Crippen LogP contribution in [0.2, 0.25) is 0 Å². The van der Waals surface area contributed by atoms with Crippen molar-refractivity contribution in [2.75, 3.05) is 18.7 Å². The normalized spacial score (nSPS) is 18.5. The number of sulfone groups is 1. The van der Waals surface area contributed by atoms with Gasteiger partial charge < -0.3 is 14.4 Å². The van der Waals surface area contributed by atoms with E-state index < -0.39 is 62.9 Å². The van der Waals surface area contributed by atoms with Gasteiger partial charge in [0.1, 0.15) is 6.04 Å². The van der Waals surface area contributed by atoms with E-state index in [0.717, 1.165) is 21.4 Å². The summed E-state index contributed by atoms with van der Waals surface area (Å²) in [6.07, 6.45) is -1.83. The van der Waals surface area contributed by atoms with Gasteiger partial charge in [-0.1, -0.05) is 30.3 Å². The minimum atomic E-state index is -5.49. The maximum Gasteiger partial charge on any atom is 0.491 e. The number of halogens is 4. The first-order chi connectivity index (χ1) is 23.7. The molecule has 0 bridgehead atoms. The zero-order chi connectivity index (χ0) is 36.0. The smallest absolute Gasteiger partial charge is 0.491 e. The summed E-state index contributed by atoms with van der Waals surface area (Å²) in [5.41, 5.74) is 0.426. The summed E-state index contributed by atoms with van der Waals surface area (Å²) in [6, 6.07) is 13.0. The number of anilines is 1. The van der Waals surface area contributed by atoms with E-state index in [-0.39, 0.29) is 34.7 Å². The van der Waals surface area contributed by atoms with Gasteiger partial charge in [0.25, 0.3) is 5.91 Å². The fourth-order valence-corrected chi connectivity index (χ4v) is 8.15. The minimum Gasteiger partial charge on any atom is -0.494 e. The van der Waals surface area contributed by atoms with Gasteiger partial charge in [-0.2, -0.15) is 13.2 Å². The van der Waals surface area contributed by atoms with E-state index in [1.54, 1.807) is 36.7 Å². The monoisotopic (exact) mass is 714 g/mol. The molecule has 4 aromatic rings. The van der Waals surface area contributed by atoms with Gasteiger partial charge in [-0.3, -0.25) is 19.6 Å². The lowest BCUT2D eigenvalue weighted by Crippen LogP contribution is -2.47. The Hall–Kier alpha value is -5.09. The molecule has 2 N–H and O–H groups in total. The van der Waals surface area contributed by atoms with Gasteiger partial charge in [0.05, 0.1) is 34.9 Å². The van der Waals surface area contributed by atoms with Crippen LogP contribution in [-0.2, 0) is 29.0 Å². The van der Waals surface area contributed by atoms with Crippen LogP contribution in [0.15, 0.2) is 84.0 Å². The number of carbonyl (C=O) groups excluding carboxylic acids is 3. The number of methoxy groups -OCH3 is 1. The number of nitrogens with zero attached hydrogens (tertiary/aromatic N) is 3. The number of hydrogen-bond acceptors (Lipinski definition) is 10. The van der Waals surface area contributed by atoms with Crippen molar-refractivity contribution in [2.24, 2.45) is 11.8 Å². The van der Waals surface area contributed by atoms with Gasteiger partial charge in [-0.25, -0.2) is 23.4 Å². The third-order valence-electron chi connectivity index (χ3n) is 8.84. The maximum absolute atomic E-state index is 14.9. The summed E-state index contributed by atoms with van der Waals surface area (Å²) in [7, 11) is -2.76. The van der Waals surface area contributed by atoms with Gasteiger partial charge in [0, 0.05) is 24.3 Å². The van der Waals surface area contributed by atoms with E-state index in [9.17, 15) is 40.4 Å². The Balaban J connectivity index is 1.48. The summed E-state index contributed by atoms with van der Waals surface area (Å²) in [4.78, 5) is 44.9. The number of hydrogen-bond donors (Lipinski definition) is 1. The topological polar surface area (TPSA) is 149 Å². The molecule has 2 heterocycles. The lowest BCUT2D eigenvalue weighted by Gasteiger charge is -2.36. The molecule has 3 aromatic carbocycles. The second-order valence-electron chi connectivity index (χ2n) is 12.0. The van der Waals surface area contributed by atoms with Crippen molar-refractivity contribution >= 4 is 44.1 Å². The third kappa shape index (κ3) is 6.59. The molecule has 1 saturated carbocycles. The average Bonchev–Trinajstić information content (AvgIpc) is 3.87. The number of nitrogens with two attached hydrogens (primary N) is 1. The number of aromatic nitrogens is 1. The van der Waals surface area contributed by atoms with Crippen LogP contribution >= 0.6 is 0 Å². The second-order valence-corrected chi connectivity index (χ2v) is 14.2. The van der Waals surface area contributed by atoms with Gasteiger partial charge in [0.2, 0.25) is 0 Å². The molecule has 2 unspecified atom stereocenters. The number of fused-ring (bicyclic) bond motifs is 1. The largest absolute Gasteiger partial charge is 0.494 e. The first-order valence-corrected chi connectivity index (χ1v) is 16.9. The highest BCUT2D eigenvalue weighted by Crippen LogP contribution is 2.45. The molecule has 0 spiro atoms. The SMILES string of the molecule is COc1cc([C@H](C(=O)N2CCC(C(=O)OC(=O)C(F)(F)F)C2c2ccccc2S(=O)(=O)C2CC2)N(N)c2ccc3cnccc3c2)ccc1F. The molecule has 16 heteroatoms. The zero-order valence-corrected chi connectivity index (χ0v) is 27.2. The molecular formula is C34H30F4N4O7S. The molecule has 1 aliphatic heterocycles. The first kappa shape index (κ1) is 34.8. The zero-order valence-electron chi connectivity index (χ0n) is 26.3. The predicted molar refractivity (Wildman–Crippen MR) is 170 cm³/mol. The molecule has 262 valence electrons. The lowest BCUT2D eigenvalue weighted by molar-refractivity contribution is -0.203. The van der Waals surface area contributed by atoms with Crippen LogP contribution < -0.4 is 15.6 Å². The number of esters is 2. The Kier molecular flexibility index (Phi) is 9.26. The molecular weight excluding hydrogens is 684 g/mol. The molecule has 6 rings (SSSR count). The Morgan fingerprint density at radius 3 is 2.44 bits per heavy atom. The van der Waals surface area contributed by atoms with Crippen molar-refractivity contribution in [1.29, 1.82) is 0 Å². The van der Waals surface area contributed by atoms with Crippen molar-refractivity contribution < 1.29 is 49.8 Å². The maximum atomic E-state index is 14.9. The van der Waals surface area contributed by atoms with Crippen molar-refractivity contribution in [3.63, 3.8) is 0 Å². The van der Waals surface area contributed by atoms with Gasteiger partial charge in [-0.05, 0) is 72.2 Å². The number of amides is 1. The van der Waals surface area contributed by atoms with E-state index >= 15 is 0 Å². The summed E-state index contributed by atoms with van der Waals surface area (Å²) < 4.78 is 90.5. The Bertz CT molecular complexity index is 2090. The molecule has 1 amide bonds. The van der Waals surface area contributed by atoms with Gasteiger partial charge >= 0.3 is 18.1 Å². The highest BCUT2D eigenvalue weighted by molar-refractivity contribution is 7.92. The van der Waals surface area contributed by atoms with Crippen molar-refractivity contribution in [2.45, 2.75) is 47.7 Å². The Labute approximate surface area is 283 Å². The number of pyridine rings is 1. The third-order valence-corrected chi connectivity index (χ3v) is 11.2. The van der Waals surface area contributed by atoms with Gasteiger partial charge in [0.15, 0.2) is 21.4 Å². The Morgan fingerprint density at radius 1 is 1.00 bits per heavy atom. The number of likely N-dealkylation sites (tertiary alicyclic amines) is 1. The molecule has 3 atom stereocenters. The van der Waals surface area contributed by atoms with Gasteiger partial charge in [-0.15, -0.1) is 0 Å². The van der Waals surface area contributed by atoms with E-state index in [1.807, 2.05) is 0 Å². The number of carbonyl (C=O) groups is 3. The predicted octanol–water partition coefficient (Wildman–Crippen LogP) is 4.96. The highest BCUT2D eigenvalue weighted by Gasteiger charge is 2.51. The number of hydrazine groups is 1. The van der Waals surface area contributed by atoms with Crippen molar-refractivity contribution in [1.82, 2.24) is 9.88 Å². The van der Waals surface area contributed by atoms with Crippen LogP contribution in [0.4, 0.5) is 23.2 Å². The molecule has 1 saturated heterocycles. The molecule has 2 aliphatic rings. The fraction of sp³-hybridized carbons (Fsp3) is 0.294. The molecule has 11 nitrogen and oxygen atoms in total. The van der Waals surface area contributed by atoms with Crippen LogP contribution in [-0.4, -0.2) is 61.2 Å². The first-order valence-electron chi connectivity index (χ1n) is 15.4. The summed E-state index contributed by atoms with van der Waals surface area (Å²) >= 11 is 0. The minimum absolute atomic E-state index is 0.0381. The van der Waals surface area contributed by atoms with E-state index in [1.165, 1.54) is 43.5 Å². The van der Waals surface area contributed by atoms with E-state index in [0.29, 0.717) is 23.9 Å². The number of rotatable bonds is 9. The standard InChI is InChI=1S/C34H30F4N4O7S/c1-48-27-17-20(7-11-26(27)35)29(42(39)22-8-6-21-18-40-14-12-19(21)16-22)31(43)41-15-13-25(32(44)49-33(45)34(36,37)38)30(41)24-4-2-3-5-28(24)50(46,47)23-9-10-23/h2-8,11-12,14,16-18,23,25,29-30H,9-10,13,15,39H2,1H3/t25?,29-,30?/m1/s1. The van der Waals surface area contributed by atoms with E-state index in [2.05, 4.69) is 9.72 Å². The van der Waals surface area contributed by atoms with Crippen LogP contribution in [0.25, 0.3) is 10.8 Å². The number of ether oxygens (including phenoxy) is 2. The molecule has 0 radical (unpaired) electrons.